The normalized spacial score (nSPS) is 12.2. The van der Waals surface area contributed by atoms with E-state index in [1.165, 1.54) is 24.4 Å². The number of imidazole rings is 1. The highest BCUT2D eigenvalue weighted by Crippen LogP contribution is 2.30. The highest BCUT2D eigenvalue weighted by Gasteiger charge is 2.25. The molecule has 1 atom stereocenters. The van der Waals surface area contributed by atoms with Crippen molar-refractivity contribution in [3.63, 3.8) is 0 Å². The lowest BCUT2D eigenvalue weighted by Crippen LogP contribution is -2.12. The third kappa shape index (κ3) is 4.12. The molecular weight excluding hydrogens is 515 g/mol. The van der Waals surface area contributed by atoms with Crippen LogP contribution < -0.4 is 4.72 Å². The van der Waals surface area contributed by atoms with Crippen molar-refractivity contribution in [3.8, 4) is 11.3 Å². The Kier molecular flexibility index (Phi) is 5.76. The van der Waals surface area contributed by atoms with Crippen LogP contribution in [-0.2, 0) is 11.0 Å². The van der Waals surface area contributed by atoms with Crippen LogP contribution >= 0.6 is 0 Å². The summed E-state index contributed by atoms with van der Waals surface area (Å²) >= 11 is 0. The maximum Gasteiger partial charge on any atom is 0.201 e. The van der Waals surface area contributed by atoms with Gasteiger partial charge in [-0.2, -0.15) is 0 Å². The van der Waals surface area contributed by atoms with Crippen LogP contribution in [0.2, 0.25) is 0 Å². The second-order valence-corrected chi connectivity index (χ2v) is 9.57. The Bertz CT molecular complexity index is 1870. The Hall–Kier alpha value is -4.77. The van der Waals surface area contributed by atoms with Gasteiger partial charge in [-0.1, -0.05) is 12.1 Å². The molecule has 6 rings (SSSR count). The molecule has 0 saturated heterocycles. The van der Waals surface area contributed by atoms with Crippen molar-refractivity contribution in [2.24, 2.45) is 0 Å². The molecule has 38 heavy (non-hydrogen) atoms. The smallest absolute Gasteiger partial charge is 0.201 e. The number of hydrogen-bond donors (Lipinski definition) is 2. The van der Waals surface area contributed by atoms with Crippen LogP contribution in [0.5, 0.6) is 0 Å². The standard InChI is InChI=1S/C27H16F3N5O2S/c28-16-4-3-5-17(11-16)38(37)34-21-8-7-20(29)24(25(21)30)26(36)19-13-32-27-18(19)10-15(12-31-27)22-14-35-9-2-1-6-23(35)33-22/h1-14,34H,(H,31,32). The summed E-state index contributed by atoms with van der Waals surface area (Å²) in [4.78, 5) is 25.2. The van der Waals surface area contributed by atoms with Crippen LogP contribution in [0.3, 0.4) is 0 Å². The average molecular weight is 532 g/mol. The number of pyridine rings is 2. The quantitative estimate of drug-likeness (QED) is 0.271. The second kappa shape index (κ2) is 9.27. The fraction of sp³-hybridized carbons (Fsp3) is 0. The highest BCUT2D eigenvalue weighted by molar-refractivity contribution is 7.86. The van der Waals surface area contributed by atoms with Gasteiger partial charge in [0.25, 0.3) is 0 Å². The Morgan fingerprint density at radius 1 is 1.03 bits per heavy atom. The van der Waals surface area contributed by atoms with E-state index in [2.05, 4.69) is 19.7 Å². The van der Waals surface area contributed by atoms with Gasteiger partial charge in [0.1, 0.15) is 33.9 Å². The number of aromatic nitrogens is 4. The summed E-state index contributed by atoms with van der Waals surface area (Å²) in [5.41, 5.74) is 1.08. The molecular formula is C27H16F3N5O2S. The molecule has 0 aliphatic carbocycles. The number of benzene rings is 2. The van der Waals surface area contributed by atoms with Gasteiger partial charge in [0.2, 0.25) is 5.78 Å². The molecule has 6 aromatic rings. The van der Waals surface area contributed by atoms with Crippen molar-refractivity contribution in [1.82, 2.24) is 19.4 Å². The second-order valence-electron chi connectivity index (χ2n) is 8.36. The fourth-order valence-corrected chi connectivity index (χ4v) is 5.02. The molecule has 0 fully saturated rings. The predicted octanol–water partition coefficient (Wildman–Crippen LogP) is 5.66. The lowest BCUT2D eigenvalue weighted by Gasteiger charge is -2.11. The van der Waals surface area contributed by atoms with Gasteiger partial charge >= 0.3 is 0 Å². The summed E-state index contributed by atoms with van der Waals surface area (Å²) in [7, 11) is -2.06. The van der Waals surface area contributed by atoms with Crippen LogP contribution in [0, 0.1) is 17.5 Å². The number of carbonyl (C=O) groups is 1. The molecule has 4 aromatic heterocycles. The van der Waals surface area contributed by atoms with Crippen molar-refractivity contribution in [2.45, 2.75) is 4.90 Å². The van der Waals surface area contributed by atoms with Crippen molar-refractivity contribution >= 4 is 39.1 Å². The van der Waals surface area contributed by atoms with Crippen molar-refractivity contribution in [1.29, 1.82) is 0 Å². The number of fused-ring (bicyclic) bond motifs is 2. The summed E-state index contributed by atoms with van der Waals surface area (Å²) in [6, 6.07) is 14.1. The minimum absolute atomic E-state index is 0.000632. The van der Waals surface area contributed by atoms with E-state index in [0.717, 1.165) is 23.8 Å². The average Bonchev–Trinajstić information content (AvgIpc) is 3.54. The Balaban J connectivity index is 1.37. The van der Waals surface area contributed by atoms with Crippen LogP contribution in [-0.4, -0.2) is 29.3 Å². The first-order valence-corrected chi connectivity index (χ1v) is 12.4. The van der Waals surface area contributed by atoms with Gasteiger partial charge in [0.05, 0.1) is 21.8 Å². The zero-order valence-corrected chi connectivity index (χ0v) is 20.1. The highest BCUT2D eigenvalue weighted by atomic mass is 32.2. The molecule has 0 saturated carbocycles. The molecule has 0 aliphatic heterocycles. The summed E-state index contributed by atoms with van der Waals surface area (Å²) in [6.45, 7) is 0. The maximum atomic E-state index is 15.4. The molecule has 7 nitrogen and oxygen atoms in total. The van der Waals surface area contributed by atoms with Crippen LogP contribution in [0.1, 0.15) is 15.9 Å². The molecule has 188 valence electrons. The van der Waals surface area contributed by atoms with Gasteiger partial charge in [0.15, 0.2) is 5.82 Å². The van der Waals surface area contributed by atoms with E-state index in [1.54, 1.807) is 18.5 Å². The number of ketones is 1. The van der Waals surface area contributed by atoms with Gasteiger partial charge in [-0.3, -0.25) is 9.52 Å². The predicted molar refractivity (Wildman–Crippen MR) is 137 cm³/mol. The van der Waals surface area contributed by atoms with Gasteiger partial charge in [-0.15, -0.1) is 0 Å². The number of rotatable bonds is 6. The molecule has 0 radical (unpaired) electrons. The van der Waals surface area contributed by atoms with Gasteiger partial charge in [0, 0.05) is 41.3 Å². The zero-order valence-electron chi connectivity index (χ0n) is 19.3. The number of H-pyrrole nitrogens is 1. The molecule has 0 aliphatic rings. The van der Waals surface area contributed by atoms with E-state index in [4.69, 9.17) is 0 Å². The van der Waals surface area contributed by atoms with E-state index in [1.807, 2.05) is 28.8 Å². The Morgan fingerprint density at radius 2 is 1.89 bits per heavy atom. The SMILES string of the molecule is O=C(c1c(F)ccc(NS(=O)c2cccc(F)c2)c1F)c1c[nH]c2ncc(-c3cn4ccccc4n3)cc12. The van der Waals surface area contributed by atoms with E-state index in [0.29, 0.717) is 22.3 Å². The first-order valence-electron chi connectivity index (χ1n) is 11.3. The molecule has 0 amide bonds. The van der Waals surface area contributed by atoms with Gasteiger partial charge in [-0.05, 0) is 48.5 Å². The van der Waals surface area contributed by atoms with Crippen molar-refractivity contribution < 1.29 is 22.2 Å². The summed E-state index contributed by atoms with van der Waals surface area (Å²) in [5, 5.41) is 0.352. The lowest BCUT2D eigenvalue weighted by molar-refractivity contribution is 0.103. The van der Waals surface area contributed by atoms with Crippen LogP contribution in [0.4, 0.5) is 18.9 Å². The summed E-state index contributed by atoms with van der Waals surface area (Å²) < 4.78 is 60.5. The molecule has 2 aromatic carbocycles. The first kappa shape index (κ1) is 23.6. The maximum absolute atomic E-state index is 15.4. The molecule has 2 N–H and O–H groups in total. The molecule has 0 bridgehead atoms. The van der Waals surface area contributed by atoms with E-state index in [-0.39, 0.29) is 16.1 Å². The van der Waals surface area contributed by atoms with Crippen LogP contribution in [0.25, 0.3) is 27.9 Å². The number of nitrogens with one attached hydrogen (secondary N) is 2. The molecule has 4 heterocycles. The summed E-state index contributed by atoms with van der Waals surface area (Å²) in [6.07, 6.45) is 6.57. The number of anilines is 1. The van der Waals surface area contributed by atoms with Crippen molar-refractivity contribution in [2.75, 3.05) is 4.72 Å². The van der Waals surface area contributed by atoms with E-state index < -0.39 is 39.8 Å². The fourth-order valence-electron chi connectivity index (χ4n) is 4.12. The number of halogens is 3. The topological polar surface area (TPSA) is 92.1 Å². The van der Waals surface area contributed by atoms with Gasteiger partial charge in [-0.25, -0.2) is 27.3 Å². The van der Waals surface area contributed by atoms with E-state index >= 15 is 4.39 Å². The first-order chi connectivity index (χ1) is 18.4. The van der Waals surface area contributed by atoms with Gasteiger partial charge < -0.3 is 9.38 Å². The number of hydrogen-bond acceptors (Lipinski definition) is 4. The molecule has 0 spiro atoms. The third-order valence-corrected chi connectivity index (χ3v) is 7.05. The summed E-state index contributed by atoms with van der Waals surface area (Å²) in [5.74, 6) is -3.86. The largest absolute Gasteiger partial charge is 0.345 e. The molecule has 1 unspecified atom stereocenters. The minimum atomic E-state index is -2.06. The third-order valence-electron chi connectivity index (χ3n) is 5.97. The van der Waals surface area contributed by atoms with E-state index in [9.17, 15) is 17.8 Å². The Morgan fingerprint density at radius 3 is 2.71 bits per heavy atom. The van der Waals surface area contributed by atoms with Crippen molar-refractivity contribution in [3.05, 3.63) is 114 Å². The van der Waals surface area contributed by atoms with Crippen LogP contribution in [0.15, 0.2) is 90.3 Å². The monoisotopic (exact) mass is 531 g/mol. The zero-order chi connectivity index (χ0) is 26.4. The number of carbonyl (C=O) groups excluding carboxylic acids is 1. The minimum Gasteiger partial charge on any atom is -0.345 e. The Labute approximate surface area is 215 Å². The molecule has 11 heteroatoms. The lowest BCUT2D eigenvalue weighted by atomic mass is 10.0. The number of aromatic amines is 1. The number of nitrogens with zero attached hydrogens (tertiary/aromatic N) is 3.